The number of carbonyl (C=O) groups is 2. The number of amides is 1. The summed E-state index contributed by atoms with van der Waals surface area (Å²) in [6, 6.07) is 1.51. The number of nitrogens with one attached hydrogen (secondary N) is 1. The summed E-state index contributed by atoms with van der Waals surface area (Å²) in [7, 11) is 1.25. The molecule has 1 rings (SSSR count). The summed E-state index contributed by atoms with van der Waals surface area (Å²) in [5, 5.41) is 2.41. The van der Waals surface area contributed by atoms with Crippen molar-refractivity contribution in [3.8, 4) is 0 Å². The van der Waals surface area contributed by atoms with Crippen LogP contribution in [0.1, 0.15) is 16.1 Å². The minimum Gasteiger partial charge on any atom is -0.468 e. The molecule has 0 aromatic carbocycles. The minimum atomic E-state index is -0.511. The number of pyridine rings is 1. The van der Waals surface area contributed by atoms with E-state index < -0.39 is 11.9 Å². The van der Waals surface area contributed by atoms with Gasteiger partial charge in [0.25, 0.3) is 5.91 Å². The second-order valence-corrected chi connectivity index (χ2v) is 3.16. The van der Waals surface area contributed by atoms with Gasteiger partial charge in [-0.3, -0.25) is 14.6 Å². The Bertz CT molecular complexity index is 418. The second-order valence-electron chi connectivity index (χ2n) is 3.16. The lowest BCUT2D eigenvalue weighted by atomic mass is 10.2. The molecule has 0 bridgehead atoms. The van der Waals surface area contributed by atoms with E-state index in [1.807, 2.05) is 0 Å². The molecule has 0 aliphatic carbocycles. The van der Waals surface area contributed by atoms with Gasteiger partial charge in [-0.2, -0.15) is 0 Å². The predicted octanol–water partition coefficient (Wildman–Crippen LogP) is -0.125. The standard InChI is InChI=1S/C10H13N3O3/c1-6-8(3-7(11)4-12-6)10(15)13-5-9(14)16-2/h3-4H,5,11H2,1-2H3,(H,13,15). The second kappa shape index (κ2) is 5.11. The molecule has 0 aliphatic rings. The lowest BCUT2D eigenvalue weighted by molar-refractivity contribution is -0.139. The van der Waals surface area contributed by atoms with Crippen LogP contribution in [0.4, 0.5) is 5.69 Å². The number of aromatic nitrogens is 1. The number of aryl methyl sites for hydroxylation is 1. The number of hydrogen-bond acceptors (Lipinski definition) is 5. The lowest BCUT2D eigenvalue weighted by Gasteiger charge is -2.06. The highest BCUT2D eigenvalue weighted by Crippen LogP contribution is 2.08. The van der Waals surface area contributed by atoms with Crippen molar-refractivity contribution in [3.63, 3.8) is 0 Å². The summed E-state index contributed by atoms with van der Waals surface area (Å²) >= 11 is 0. The summed E-state index contributed by atoms with van der Waals surface area (Å²) in [5.41, 5.74) is 6.81. The van der Waals surface area contributed by atoms with Crippen LogP contribution < -0.4 is 11.1 Å². The molecule has 0 radical (unpaired) electrons. The van der Waals surface area contributed by atoms with Gasteiger partial charge in [-0.1, -0.05) is 0 Å². The smallest absolute Gasteiger partial charge is 0.325 e. The van der Waals surface area contributed by atoms with E-state index >= 15 is 0 Å². The third-order valence-corrected chi connectivity index (χ3v) is 1.97. The highest BCUT2D eigenvalue weighted by molar-refractivity contribution is 5.97. The van der Waals surface area contributed by atoms with E-state index in [0.717, 1.165) is 0 Å². The molecule has 0 fully saturated rings. The van der Waals surface area contributed by atoms with Crippen molar-refractivity contribution >= 4 is 17.6 Å². The number of nitrogens with zero attached hydrogens (tertiary/aromatic N) is 1. The van der Waals surface area contributed by atoms with Crippen LogP contribution >= 0.6 is 0 Å². The fourth-order valence-electron chi connectivity index (χ4n) is 1.10. The molecule has 0 saturated heterocycles. The third-order valence-electron chi connectivity index (χ3n) is 1.97. The maximum absolute atomic E-state index is 11.6. The van der Waals surface area contributed by atoms with Crippen molar-refractivity contribution in [2.45, 2.75) is 6.92 Å². The van der Waals surface area contributed by atoms with Crippen LogP contribution in [0.3, 0.4) is 0 Å². The highest BCUT2D eigenvalue weighted by Gasteiger charge is 2.11. The van der Waals surface area contributed by atoms with Crippen molar-refractivity contribution in [3.05, 3.63) is 23.5 Å². The number of ether oxygens (including phenoxy) is 1. The number of anilines is 1. The van der Waals surface area contributed by atoms with Gasteiger partial charge in [0.15, 0.2) is 0 Å². The Kier molecular flexibility index (Phi) is 3.82. The van der Waals surface area contributed by atoms with Crippen LogP contribution in [0.15, 0.2) is 12.3 Å². The number of esters is 1. The number of hydrogen-bond donors (Lipinski definition) is 2. The molecule has 0 unspecified atom stereocenters. The van der Waals surface area contributed by atoms with Crippen LogP contribution in [-0.4, -0.2) is 30.5 Å². The molecular weight excluding hydrogens is 210 g/mol. The van der Waals surface area contributed by atoms with Crippen LogP contribution in [0.5, 0.6) is 0 Å². The number of nitrogens with two attached hydrogens (primary N) is 1. The van der Waals surface area contributed by atoms with E-state index in [1.54, 1.807) is 6.92 Å². The number of rotatable bonds is 3. The first-order chi connectivity index (χ1) is 7.54. The van der Waals surface area contributed by atoms with Gasteiger partial charge in [0.2, 0.25) is 0 Å². The Labute approximate surface area is 92.8 Å². The number of nitrogen functional groups attached to an aromatic ring is 1. The monoisotopic (exact) mass is 223 g/mol. The SMILES string of the molecule is COC(=O)CNC(=O)c1cc(N)cnc1C. The van der Waals surface area contributed by atoms with E-state index in [-0.39, 0.29) is 6.54 Å². The fraction of sp³-hybridized carbons (Fsp3) is 0.300. The van der Waals surface area contributed by atoms with Gasteiger partial charge >= 0.3 is 5.97 Å². The van der Waals surface area contributed by atoms with Gasteiger partial charge in [-0.05, 0) is 13.0 Å². The van der Waals surface area contributed by atoms with Crippen molar-refractivity contribution in [2.75, 3.05) is 19.4 Å². The molecule has 0 aliphatic heterocycles. The van der Waals surface area contributed by atoms with E-state index in [0.29, 0.717) is 16.9 Å². The van der Waals surface area contributed by atoms with Crippen molar-refractivity contribution < 1.29 is 14.3 Å². The maximum Gasteiger partial charge on any atom is 0.325 e. The molecule has 1 aromatic heterocycles. The van der Waals surface area contributed by atoms with E-state index in [4.69, 9.17) is 5.73 Å². The summed E-state index contributed by atoms with van der Waals surface area (Å²) < 4.78 is 4.40. The van der Waals surface area contributed by atoms with Gasteiger partial charge in [-0.25, -0.2) is 0 Å². The first-order valence-corrected chi connectivity index (χ1v) is 4.61. The predicted molar refractivity (Wildman–Crippen MR) is 57.7 cm³/mol. The van der Waals surface area contributed by atoms with Crippen LogP contribution in [0.25, 0.3) is 0 Å². The zero-order valence-corrected chi connectivity index (χ0v) is 9.11. The van der Waals surface area contributed by atoms with E-state index in [2.05, 4.69) is 15.0 Å². The van der Waals surface area contributed by atoms with Crippen molar-refractivity contribution in [2.24, 2.45) is 0 Å². The minimum absolute atomic E-state index is 0.177. The zero-order valence-electron chi connectivity index (χ0n) is 9.11. The first-order valence-electron chi connectivity index (χ1n) is 4.61. The molecular formula is C10H13N3O3. The van der Waals surface area contributed by atoms with Crippen LogP contribution in [-0.2, 0) is 9.53 Å². The Hall–Kier alpha value is -2.11. The van der Waals surface area contributed by atoms with Crippen LogP contribution in [0, 0.1) is 6.92 Å². The van der Waals surface area contributed by atoms with Crippen molar-refractivity contribution in [1.29, 1.82) is 0 Å². The molecule has 86 valence electrons. The van der Waals surface area contributed by atoms with Crippen molar-refractivity contribution in [1.82, 2.24) is 10.3 Å². The molecule has 0 saturated carbocycles. The molecule has 16 heavy (non-hydrogen) atoms. The Morgan fingerprint density at radius 1 is 1.56 bits per heavy atom. The van der Waals surface area contributed by atoms with Gasteiger partial charge in [-0.15, -0.1) is 0 Å². The lowest BCUT2D eigenvalue weighted by Crippen LogP contribution is -2.30. The Balaban J connectivity index is 2.73. The molecule has 0 atom stereocenters. The molecule has 1 heterocycles. The average molecular weight is 223 g/mol. The van der Waals surface area contributed by atoms with Crippen LogP contribution in [0.2, 0.25) is 0 Å². The molecule has 1 amide bonds. The normalized spacial score (nSPS) is 9.62. The summed E-state index contributed by atoms with van der Waals surface area (Å²) in [6.07, 6.45) is 1.46. The van der Waals surface area contributed by atoms with Gasteiger partial charge in [0.05, 0.1) is 30.3 Å². The summed E-state index contributed by atoms with van der Waals surface area (Å²) in [5.74, 6) is -0.912. The highest BCUT2D eigenvalue weighted by atomic mass is 16.5. The van der Waals surface area contributed by atoms with Gasteiger partial charge in [0, 0.05) is 0 Å². The topological polar surface area (TPSA) is 94.3 Å². The number of methoxy groups -OCH3 is 1. The molecule has 3 N–H and O–H groups in total. The van der Waals surface area contributed by atoms with E-state index in [9.17, 15) is 9.59 Å². The number of carbonyl (C=O) groups excluding carboxylic acids is 2. The molecule has 6 nitrogen and oxygen atoms in total. The fourth-order valence-corrected chi connectivity index (χ4v) is 1.10. The first kappa shape index (κ1) is 12.0. The quantitative estimate of drug-likeness (QED) is 0.696. The zero-order chi connectivity index (χ0) is 12.1. The Morgan fingerprint density at radius 3 is 2.88 bits per heavy atom. The average Bonchev–Trinajstić information content (AvgIpc) is 2.28. The van der Waals surface area contributed by atoms with Gasteiger partial charge in [0.1, 0.15) is 6.54 Å². The molecule has 0 spiro atoms. The largest absolute Gasteiger partial charge is 0.468 e. The van der Waals surface area contributed by atoms with E-state index in [1.165, 1.54) is 19.4 Å². The molecule has 6 heteroatoms. The summed E-state index contributed by atoms with van der Waals surface area (Å²) in [4.78, 5) is 26.4. The van der Waals surface area contributed by atoms with Gasteiger partial charge < -0.3 is 15.8 Å². The molecule has 1 aromatic rings. The maximum atomic E-state index is 11.6. The Morgan fingerprint density at radius 2 is 2.25 bits per heavy atom. The third kappa shape index (κ3) is 2.94. The summed E-state index contributed by atoms with van der Waals surface area (Å²) in [6.45, 7) is 1.51.